The Balaban J connectivity index is 2.27. The van der Waals surface area contributed by atoms with Gasteiger partial charge >= 0.3 is 5.97 Å². The van der Waals surface area contributed by atoms with Crippen molar-refractivity contribution in [2.45, 2.75) is 6.92 Å². The second-order valence-corrected chi connectivity index (χ2v) is 3.88. The summed E-state index contributed by atoms with van der Waals surface area (Å²) in [6.45, 7) is 1.76. The first-order valence-electron chi connectivity index (χ1n) is 5.58. The number of carbonyl (C=O) groups is 1. The van der Waals surface area contributed by atoms with Crippen molar-refractivity contribution < 1.29 is 14.6 Å². The number of rotatable bonds is 3. The molecule has 6 heteroatoms. The topological polar surface area (TPSA) is 84.3 Å². The van der Waals surface area contributed by atoms with E-state index in [4.69, 9.17) is 0 Å². The van der Waals surface area contributed by atoms with Crippen molar-refractivity contribution in [3.05, 3.63) is 41.7 Å². The lowest BCUT2D eigenvalue weighted by Crippen LogP contribution is -2.08. The number of benzene rings is 1. The van der Waals surface area contributed by atoms with Gasteiger partial charge in [-0.2, -0.15) is 0 Å². The van der Waals surface area contributed by atoms with Crippen molar-refractivity contribution in [1.29, 1.82) is 0 Å². The standard InChI is InChI=1S/C13H13N3O3/c1-8-7-11(12(18)19-2)16-13(14-8)15-9-3-5-10(17)6-4-9/h3-7,17H,1-2H3,(H,14,15,16). The molecule has 1 aromatic carbocycles. The van der Waals surface area contributed by atoms with Crippen LogP contribution in [0.4, 0.5) is 11.6 Å². The number of phenols is 1. The predicted octanol–water partition coefficient (Wildman–Crippen LogP) is 2.02. The van der Waals surface area contributed by atoms with Gasteiger partial charge in [0.15, 0.2) is 5.69 Å². The highest BCUT2D eigenvalue weighted by molar-refractivity contribution is 5.87. The summed E-state index contributed by atoms with van der Waals surface area (Å²) >= 11 is 0. The highest BCUT2D eigenvalue weighted by atomic mass is 16.5. The van der Waals surface area contributed by atoms with Crippen LogP contribution in [0.2, 0.25) is 0 Å². The lowest BCUT2D eigenvalue weighted by atomic mass is 10.3. The summed E-state index contributed by atoms with van der Waals surface area (Å²) in [6, 6.07) is 7.99. The molecule has 0 radical (unpaired) electrons. The fourth-order valence-corrected chi connectivity index (χ4v) is 1.51. The summed E-state index contributed by atoms with van der Waals surface area (Å²) in [6.07, 6.45) is 0. The minimum Gasteiger partial charge on any atom is -0.508 e. The van der Waals surface area contributed by atoms with Gasteiger partial charge in [0, 0.05) is 11.4 Å². The van der Waals surface area contributed by atoms with Crippen LogP contribution in [-0.2, 0) is 4.74 Å². The number of nitrogens with zero attached hydrogens (tertiary/aromatic N) is 2. The Morgan fingerprint density at radius 1 is 1.26 bits per heavy atom. The largest absolute Gasteiger partial charge is 0.508 e. The number of hydrogen-bond donors (Lipinski definition) is 2. The molecule has 0 saturated heterocycles. The Bertz CT molecular complexity index is 597. The average molecular weight is 259 g/mol. The van der Waals surface area contributed by atoms with E-state index in [1.807, 2.05) is 0 Å². The summed E-state index contributed by atoms with van der Waals surface area (Å²) in [4.78, 5) is 19.7. The fourth-order valence-electron chi connectivity index (χ4n) is 1.51. The third kappa shape index (κ3) is 3.19. The summed E-state index contributed by atoms with van der Waals surface area (Å²) in [5, 5.41) is 12.1. The van der Waals surface area contributed by atoms with Crippen LogP contribution in [0, 0.1) is 6.92 Å². The summed E-state index contributed by atoms with van der Waals surface area (Å²) in [7, 11) is 1.30. The Hall–Kier alpha value is -2.63. The SMILES string of the molecule is COC(=O)c1cc(C)nc(Nc2ccc(O)cc2)n1. The molecule has 0 bridgehead atoms. The van der Waals surface area contributed by atoms with Gasteiger partial charge in [-0.15, -0.1) is 0 Å². The number of methoxy groups -OCH3 is 1. The molecular weight excluding hydrogens is 246 g/mol. The number of esters is 1. The minimum absolute atomic E-state index is 0.172. The smallest absolute Gasteiger partial charge is 0.356 e. The quantitative estimate of drug-likeness (QED) is 0.648. The second-order valence-electron chi connectivity index (χ2n) is 3.88. The maximum absolute atomic E-state index is 11.4. The number of ether oxygens (including phenoxy) is 1. The monoisotopic (exact) mass is 259 g/mol. The summed E-state index contributed by atoms with van der Waals surface area (Å²) in [5.74, 6) is -0.0451. The van der Waals surface area contributed by atoms with Crippen molar-refractivity contribution in [3.63, 3.8) is 0 Å². The Kier molecular flexibility index (Phi) is 3.61. The third-order valence-corrected chi connectivity index (χ3v) is 2.37. The van der Waals surface area contributed by atoms with Crippen LogP contribution in [0.15, 0.2) is 30.3 Å². The van der Waals surface area contributed by atoms with E-state index >= 15 is 0 Å². The zero-order valence-electron chi connectivity index (χ0n) is 10.5. The highest BCUT2D eigenvalue weighted by Crippen LogP contribution is 2.17. The van der Waals surface area contributed by atoms with Gasteiger partial charge in [-0.05, 0) is 37.3 Å². The number of phenolic OH excluding ortho intramolecular Hbond substituents is 1. The van der Waals surface area contributed by atoms with E-state index in [9.17, 15) is 9.90 Å². The number of nitrogens with one attached hydrogen (secondary N) is 1. The second kappa shape index (κ2) is 5.34. The van der Waals surface area contributed by atoms with Crippen LogP contribution in [0.25, 0.3) is 0 Å². The number of aromatic hydroxyl groups is 1. The van der Waals surface area contributed by atoms with E-state index in [2.05, 4.69) is 20.0 Å². The molecule has 2 rings (SSSR count). The Labute approximate surface area is 110 Å². The van der Waals surface area contributed by atoms with Gasteiger partial charge in [0.05, 0.1) is 7.11 Å². The summed E-state index contributed by atoms with van der Waals surface area (Å²) < 4.78 is 4.62. The maximum Gasteiger partial charge on any atom is 0.356 e. The third-order valence-electron chi connectivity index (χ3n) is 2.37. The Morgan fingerprint density at radius 2 is 1.95 bits per heavy atom. The van der Waals surface area contributed by atoms with Crippen molar-refractivity contribution in [2.75, 3.05) is 12.4 Å². The number of aryl methyl sites for hydroxylation is 1. The van der Waals surface area contributed by atoms with Crippen molar-refractivity contribution in [2.24, 2.45) is 0 Å². The molecule has 0 unspecified atom stereocenters. The van der Waals surface area contributed by atoms with Gasteiger partial charge in [-0.25, -0.2) is 14.8 Å². The van der Waals surface area contributed by atoms with E-state index < -0.39 is 5.97 Å². The number of anilines is 2. The molecule has 0 aliphatic carbocycles. The van der Waals surface area contributed by atoms with Crippen LogP contribution in [0.1, 0.15) is 16.2 Å². The van der Waals surface area contributed by atoms with Crippen molar-refractivity contribution in [3.8, 4) is 5.75 Å². The number of carbonyl (C=O) groups excluding carboxylic acids is 1. The maximum atomic E-state index is 11.4. The average Bonchev–Trinajstić information content (AvgIpc) is 2.40. The lowest BCUT2D eigenvalue weighted by molar-refractivity contribution is 0.0594. The lowest BCUT2D eigenvalue weighted by Gasteiger charge is -2.07. The number of hydrogen-bond acceptors (Lipinski definition) is 6. The molecule has 0 aliphatic rings. The molecule has 0 aliphatic heterocycles. The zero-order chi connectivity index (χ0) is 13.8. The zero-order valence-corrected chi connectivity index (χ0v) is 10.5. The molecule has 6 nitrogen and oxygen atoms in total. The molecule has 0 amide bonds. The first-order chi connectivity index (χ1) is 9.08. The van der Waals surface area contributed by atoms with Crippen molar-refractivity contribution in [1.82, 2.24) is 9.97 Å². The molecule has 98 valence electrons. The van der Waals surface area contributed by atoms with Gasteiger partial charge in [0.1, 0.15) is 5.75 Å². The van der Waals surface area contributed by atoms with Crippen LogP contribution < -0.4 is 5.32 Å². The first kappa shape index (κ1) is 12.8. The van der Waals surface area contributed by atoms with Crippen LogP contribution in [0.5, 0.6) is 5.75 Å². The van der Waals surface area contributed by atoms with Gasteiger partial charge in [0.25, 0.3) is 0 Å². The molecule has 0 atom stereocenters. The van der Waals surface area contributed by atoms with E-state index in [1.54, 1.807) is 37.3 Å². The van der Waals surface area contributed by atoms with Gasteiger partial charge < -0.3 is 15.2 Å². The number of aromatic nitrogens is 2. The van der Waals surface area contributed by atoms with E-state index in [0.717, 1.165) is 0 Å². The molecule has 1 heterocycles. The molecule has 2 N–H and O–H groups in total. The fraction of sp³-hybridized carbons (Fsp3) is 0.154. The van der Waals surface area contributed by atoms with Gasteiger partial charge in [-0.3, -0.25) is 0 Å². The van der Waals surface area contributed by atoms with E-state index in [1.165, 1.54) is 7.11 Å². The molecular formula is C13H13N3O3. The summed E-state index contributed by atoms with van der Waals surface area (Å²) in [5.41, 5.74) is 1.55. The van der Waals surface area contributed by atoms with E-state index in [0.29, 0.717) is 17.3 Å². The van der Waals surface area contributed by atoms with Crippen LogP contribution >= 0.6 is 0 Å². The predicted molar refractivity (Wildman–Crippen MR) is 69.5 cm³/mol. The molecule has 0 fully saturated rings. The van der Waals surface area contributed by atoms with Gasteiger partial charge in [-0.1, -0.05) is 0 Å². The van der Waals surface area contributed by atoms with Gasteiger partial charge in [0.2, 0.25) is 5.95 Å². The minimum atomic E-state index is -0.515. The Morgan fingerprint density at radius 3 is 2.58 bits per heavy atom. The molecule has 1 aromatic heterocycles. The molecule has 0 saturated carbocycles. The highest BCUT2D eigenvalue weighted by Gasteiger charge is 2.10. The van der Waals surface area contributed by atoms with Crippen LogP contribution in [0.3, 0.4) is 0 Å². The molecule has 0 spiro atoms. The molecule has 19 heavy (non-hydrogen) atoms. The normalized spacial score (nSPS) is 10.0. The van der Waals surface area contributed by atoms with E-state index in [-0.39, 0.29) is 11.4 Å². The molecule has 2 aromatic rings. The van der Waals surface area contributed by atoms with Crippen molar-refractivity contribution >= 4 is 17.6 Å². The van der Waals surface area contributed by atoms with Crippen LogP contribution in [-0.4, -0.2) is 28.2 Å². The first-order valence-corrected chi connectivity index (χ1v) is 5.58.